The molecule has 0 unspecified atom stereocenters. The minimum Gasteiger partial charge on any atom is -0.508 e. The number of aromatic hydroxyl groups is 1. The van der Waals surface area contributed by atoms with E-state index < -0.39 is 5.54 Å². The van der Waals surface area contributed by atoms with Crippen LogP contribution >= 0.6 is 11.6 Å². The second-order valence-corrected chi connectivity index (χ2v) is 7.29. The van der Waals surface area contributed by atoms with Crippen molar-refractivity contribution in [2.75, 3.05) is 5.32 Å². The lowest BCUT2D eigenvalue weighted by Gasteiger charge is -2.37. The van der Waals surface area contributed by atoms with Crippen molar-refractivity contribution in [2.45, 2.75) is 24.9 Å². The summed E-state index contributed by atoms with van der Waals surface area (Å²) in [7, 11) is 0. The molecule has 3 heterocycles. The molecule has 6 heteroatoms. The van der Waals surface area contributed by atoms with Gasteiger partial charge < -0.3 is 15.4 Å². The smallest absolute Gasteiger partial charge is 0.255 e. The molecule has 2 aromatic carbocycles. The van der Waals surface area contributed by atoms with Crippen LogP contribution < -0.4 is 10.6 Å². The highest BCUT2D eigenvalue weighted by atomic mass is 35.5. The summed E-state index contributed by atoms with van der Waals surface area (Å²) in [6.45, 7) is 2.07. The molecule has 1 amide bonds. The highest BCUT2D eigenvalue weighted by molar-refractivity contribution is 6.31. The van der Waals surface area contributed by atoms with Crippen LogP contribution in [0.5, 0.6) is 5.75 Å². The largest absolute Gasteiger partial charge is 0.508 e. The maximum absolute atomic E-state index is 13.1. The monoisotopic (exact) mass is 353 g/mol. The zero-order chi connectivity index (χ0) is 17.3. The summed E-state index contributed by atoms with van der Waals surface area (Å²) in [5.41, 5.74) is 3.34. The van der Waals surface area contributed by atoms with Gasteiger partial charge in [-0.2, -0.15) is 0 Å². The van der Waals surface area contributed by atoms with E-state index in [9.17, 15) is 9.90 Å². The number of fused-ring (bicyclic) bond motifs is 6. The number of amides is 1. The van der Waals surface area contributed by atoms with Crippen LogP contribution in [0.1, 0.15) is 23.7 Å². The van der Waals surface area contributed by atoms with Gasteiger partial charge in [-0.05, 0) is 49.2 Å². The third-order valence-corrected chi connectivity index (χ3v) is 5.45. The molecule has 4 N–H and O–H groups in total. The number of halogens is 1. The highest BCUT2D eigenvalue weighted by Gasteiger charge is 2.53. The Bertz CT molecular complexity index is 1060. The van der Waals surface area contributed by atoms with Crippen molar-refractivity contribution in [1.29, 1.82) is 0 Å². The van der Waals surface area contributed by atoms with E-state index in [1.165, 1.54) is 0 Å². The Morgan fingerprint density at radius 3 is 2.92 bits per heavy atom. The number of aromatic nitrogens is 1. The SMILES string of the molecule is C[C@H]1Cc2c([nH]c3cc(O)ccc23)[C@@]2(N1)C(=O)Nc1ccc(Cl)cc12. The second-order valence-electron chi connectivity index (χ2n) is 6.85. The Morgan fingerprint density at radius 2 is 2.08 bits per heavy atom. The number of nitrogens with one attached hydrogen (secondary N) is 3. The van der Waals surface area contributed by atoms with E-state index in [4.69, 9.17) is 11.6 Å². The predicted molar refractivity (Wildman–Crippen MR) is 97.1 cm³/mol. The molecule has 0 bridgehead atoms. The minimum absolute atomic E-state index is 0.107. The fraction of sp³-hybridized carbons (Fsp3) is 0.211. The molecule has 0 saturated carbocycles. The number of carbonyl (C=O) groups is 1. The molecule has 1 aromatic heterocycles. The number of hydrogen-bond acceptors (Lipinski definition) is 3. The molecule has 0 fully saturated rings. The number of aromatic amines is 1. The molecule has 1 spiro atoms. The van der Waals surface area contributed by atoms with E-state index in [2.05, 4.69) is 22.5 Å². The summed E-state index contributed by atoms with van der Waals surface area (Å²) >= 11 is 6.23. The van der Waals surface area contributed by atoms with Crippen molar-refractivity contribution in [1.82, 2.24) is 10.3 Å². The lowest BCUT2D eigenvalue weighted by Crippen LogP contribution is -2.56. The van der Waals surface area contributed by atoms with Crippen molar-refractivity contribution in [3.8, 4) is 5.75 Å². The molecule has 0 saturated heterocycles. The number of phenolic OH excluding ortho intramolecular Hbond substituents is 1. The van der Waals surface area contributed by atoms with Crippen molar-refractivity contribution < 1.29 is 9.90 Å². The lowest BCUT2D eigenvalue weighted by atomic mass is 9.80. The zero-order valence-electron chi connectivity index (χ0n) is 13.5. The van der Waals surface area contributed by atoms with Crippen LogP contribution in [0.4, 0.5) is 5.69 Å². The quantitative estimate of drug-likeness (QED) is 0.501. The van der Waals surface area contributed by atoms with Gasteiger partial charge in [0.25, 0.3) is 5.91 Å². The first-order valence-electron chi connectivity index (χ1n) is 8.22. The standard InChI is InChI=1S/C19H16ClN3O2/c1-9-6-13-12-4-3-11(24)8-16(12)21-17(13)19(23-9)14-7-10(20)2-5-15(14)22-18(19)25/h2-5,7-9,21,23-24H,6H2,1H3,(H,22,25)/t9-,19+/m0/s1. The van der Waals surface area contributed by atoms with Gasteiger partial charge in [0.05, 0.1) is 5.69 Å². The van der Waals surface area contributed by atoms with Crippen molar-refractivity contribution in [2.24, 2.45) is 0 Å². The molecule has 3 aromatic rings. The van der Waals surface area contributed by atoms with Crippen LogP contribution in [-0.2, 0) is 16.8 Å². The summed E-state index contributed by atoms with van der Waals surface area (Å²) in [4.78, 5) is 16.5. The number of carbonyl (C=O) groups excluding carboxylic acids is 1. The minimum atomic E-state index is -0.998. The van der Waals surface area contributed by atoms with Crippen molar-refractivity contribution in [3.63, 3.8) is 0 Å². The van der Waals surface area contributed by atoms with E-state index in [0.29, 0.717) is 5.02 Å². The Kier molecular flexibility index (Phi) is 2.83. The molecule has 2 aliphatic heterocycles. The Labute approximate surface area is 149 Å². The second kappa shape index (κ2) is 4.77. The zero-order valence-corrected chi connectivity index (χ0v) is 14.2. The number of benzene rings is 2. The number of anilines is 1. The van der Waals surface area contributed by atoms with E-state index >= 15 is 0 Å². The van der Waals surface area contributed by atoms with Gasteiger partial charge in [0.1, 0.15) is 5.75 Å². The van der Waals surface area contributed by atoms with Gasteiger partial charge in [-0.15, -0.1) is 0 Å². The first-order valence-corrected chi connectivity index (χ1v) is 8.60. The molecule has 2 aliphatic rings. The lowest BCUT2D eigenvalue weighted by molar-refractivity contribution is -0.121. The summed E-state index contributed by atoms with van der Waals surface area (Å²) in [6.07, 6.45) is 0.797. The number of H-pyrrole nitrogens is 1. The summed E-state index contributed by atoms with van der Waals surface area (Å²) in [5, 5.41) is 17.9. The summed E-state index contributed by atoms with van der Waals surface area (Å²) in [5.74, 6) is 0.0776. The molecule has 5 nitrogen and oxygen atoms in total. The normalized spacial score (nSPS) is 24.4. The third kappa shape index (κ3) is 1.85. The maximum Gasteiger partial charge on any atom is 0.255 e. The van der Waals surface area contributed by atoms with Crippen LogP contribution in [0.25, 0.3) is 10.9 Å². The first-order chi connectivity index (χ1) is 12.0. The van der Waals surface area contributed by atoms with E-state index in [1.807, 2.05) is 18.2 Å². The summed E-state index contributed by atoms with van der Waals surface area (Å²) < 4.78 is 0. The highest BCUT2D eigenvalue weighted by Crippen LogP contribution is 2.47. The molecule has 2 atom stereocenters. The van der Waals surface area contributed by atoms with Gasteiger partial charge in [-0.3, -0.25) is 10.1 Å². The molecule has 25 heavy (non-hydrogen) atoms. The first kappa shape index (κ1) is 14.8. The Morgan fingerprint density at radius 1 is 1.24 bits per heavy atom. The van der Waals surface area contributed by atoms with E-state index in [0.717, 1.165) is 39.8 Å². The number of hydrogen-bond donors (Lipinski definition) is 4. The summed E-state index contributed by atoms with van der Waals surface area (Å²) in [6, 6.07) is 10.8. The maximum atomic E-state index is 13.1. The van der Waals surface area contributed by atoms with Crippen LogP contribution in [0.15, 0.2) is 36.4 Å². The van der Waals surface area contributed by atoms with Gasteiger partial charge in [0.15, 0.2) is 5.54 Å². The Balaban J connectivity index is 1.87. The van der Waals surface area contributed by atoms with Crippen LogP contribution in [0.2, 0.25) is 5.02 Å². The van der Waals surface area contributed by atoms with Gasteiger partial charge >= 0.3 is 0 Å². The number of phenols is 1. The van der Waals surface area contributed by atoms with Crippen LogP contribution in [0.3, 0.4) is 0 Å². The average molecular weight is 354 g/mol. The fourth-order valence-electron chi connectivity index (χ4n) is 4.24. The molecule has 0 aliphatic carbocycles. The molecular formula is C19H16ClN3O2. The number of rotatable bonds is 0. The van der Waals surface area contributed by atoms with Gasteiger partial charge in [-0.25, -0.2) is 0 Å². The predicted octanol–water partition coefficient (Wildman–Crippen LogP) is 3.26. The van der Waals surface area contributed by atoms with E-state index in [-0.39, 0.29) is 17.7 Å². The van der Waals surface area contributed by atoms with Crippen molar-refractivity contribution in [3.05, 3.63) is 58.2 Å². The topological polar surface area (TPSA) is 77.2 Å². The van der Waals surface area contributed by atoms with E-state index in [1.54, 1.807) is 18.2 Å². The van der Waals surface area contributed by atoms with Crippen LogP contribution in [0, 0.1) is 0 Å². The van der Waals surface area contributed by atoms with Gasteiger partial charge in [0, 0.05) is 39.3 Å². The molecule has 126 valence electrons. The molecule has 5 rings (SSSR count). The Hall–Kier alpha value is -2.50. The van der Waals surface area contributed by atoms with Gasteiger partial charge in [0.2, 0.25) is 0 Å². The molecular weight excluding hydrogens is 338 g/mol. The molecule has 0 radical (unpaired) electrons. The van der Waals surface area contributed by atoms with Crippen LogP contribution in [-0.4, -0.2) is 22.0 Å². The third-order valence-electron chi connectivity index (χ3n) is 5.21. The average Bonchev–Trinajstić information content (AvgIpc) is 3.04. The fourth-order valence-corrected chi connectivity index (χ4v) is 4.41. The van der Waals surface area contributed by atoms with Gasteiger partial charge in [-0.1, -0.05) is 11.6 Å². The van der Waals surface area contributed by atoms with Crippen molar-refractivity contribution >= 4 is 34.1 Å².